The average Bonchev–Trinajstić information content (AvgIpc) is 2.50. The molecule has 0 spiro atoms. The lowest BCUT2D eigenvalue weighted by Crippen LogP contribution is -2.34. The second-order valence-corrected chi connectivity index (χ2v) is 7.06. The second kappa shape index (κ2) is 8.86. The van der Waals surface area contributed by atoms with E-state index in [1.54, 1.807) is 38.3 Å². The maximum atomic E-state index is 11.3. The van der Waals surface area contributed by atoms with E-state index in [0.29, 0.717) is 18.0 Å². The van der Waals surface area contributed by atoms with Gasteiger partial charge >= 0.3 is 0 Å². The van der Waals surface area contributed by atoms with Crippen molar-refractivity contribution in [2.75, 3.05) is 38.3 Å². The van der Waals surface area contributed by atoms with Crippen molar-refractivity contribution in [3.05, 3.63) is 24.3 Å². The van der Waals surface area contributed by atoms with Gasteiger partial charge in [-0.3, -0.25) is 0 Å². The first kappa shape index (κ1) is 17.7. The molecule has 1 unspecified atom stereocenters. The highest BCUT2D eigenvalue weighted by Gasteiger charge is 2.09. The van der Waals surface area contributed by atoms with Crippen molar-refractivity contribution in [2.45, 2.75) is 13.0 Å². The molecule has 0 aromatic heterocycles. The average molecular weight is 317 g/mol. The molecule has 1 aromatic carbocycles. The monoisotopic (exact) mass is 317 g/mol. The molecule has 0 bridgehead atoms. The van der Waals surface area contributed by atoms with Crippen LogP contribution in [0.4, 0.5) is 0 Å². The minimum Gasteiger partial charge on any atom is -0.497 e. The number of nitrogens with one attached hydrogen (secondary N) is 1. The van der Waals surface area contributed by atoms with Crippen LogP contribution in [0.5, 0.6) is 11.5 Å². The molecule has 0 saturated heterocycles. The Hall–Kier alpha value is -1.31. The highest BCUT2D eigenvalue weighted by molar-refractivity contribution is 7.91. The zero-order chi connectivity index (χ0) is 15.7. The fraction of sp³-hybridized carbons (Fsp3) is 0.571. The smallest absolute Gasteiger partial charge is 0.151 e. The molecule has 2 N–H and O–H groups in total. The number of aliphatic hydroxyl groups is 1. The van der Waals surface area contributed by atoms with Crippen LogP contribution in [0, 0.1) is 0 Å². The van der Waals surface area contributed by atoms with Gasteiger partial charge in [0.05, 0.1) is 12.9 Å². The number of sulfone groups is 1. The van der Waals surface area contributed by atoms with Gasteiger partial charge in [-0.25, -0.2) is 8.42 Å². The molecule has 0 heterocycles. The first-order chi connectivity index (χ1) is 9.96. The van der Waals surface area contributed by atoms with Crippen LogP contribution in [-0.4, -0.2) is 57.9 Å². The van der Waals surface area contributed by atoms with E-state index >= 15 is 0 Å². The van der Waals surface area contributed by atoms with Gasteiger partial charge in [-0.05, 0) is 12.1 Å². The maximum absolute atomic E-state index is 11.3. The van der Waals surface area contributed by atoms with Gasteiger partial charge in [0.15, 0.2) is 9.84 Å². The first-order valence-corrected chi connectivity index (χ1v) is 8.65. The van der Waals surface area contributed by atoms with Crippen LogP contribution in [0.15, 0.2) is 24.3 Å². The van der Waals surface area contributed by atoms with Crippen molar-refractivity contribution in [1.29, 1.82) is 0 Å². The maximum Gasteiger partial charge on any atom is 0.151 e. The summed E-state index contributed by atoms with van der Waals surface area (Å²) in [5.41, 5.74) is 0. The Balaban J connectivity index is 2.23. The molecule has 1 atom stereocenters. The van der Waals surface area contributed by atoms with Crippen LogP contribution in [0.1, 0.15) is 6.92 Å². The van der Waals surface area contributed by atoms with Crippen LogP contribution in [0.25, 0.3) is 0 Å². The predicted molar refractivity (Wildman–Crippen MR) is 81.7 cm³/mol. The van der Waals surface area contributed by atoms with Crippen LogP contribution in [-0.2, 0) is 9.84 Å². The predicted octanol–water partition coefficient (Wildman–Crippen LogP) is 0.459. The van der Waals surface area contributed by atoms with Gasteiger partial charge in [-0.1, -0.05) is 13.0 Å². The van der Waals surface area contributed by atoms with Crippen molar-refractivity contribution in [1.82, 2.24) is 5.32 Å². The van der Waals surface area contributed by atoms with Gasteiger partial charge in [0.2, 0.25) is 0 Å². The molecule has 7 heteroatoms. The number of benzene rings is 1. The minimum absolute atomic E-state index is 0.0764. The fourth-order valence-corrected chi connectivity index (χ4v) is 2.33. The second-order valence-electron chi connectivity index (χ2n) is 4.58. The number of aliphatic hydroxyl groups excluding tert-OH is 1. The lowest BCUT2D eigenvalue weighted by atomic mass is 10.3. The third kappa shape index (κ3) is 7.31. The van der Waals surface area contributed by atoms with Crippen LogP contribution >= 0.6 is 0 Å². The molecular weight excluding hydrogens is 294 g/mol. The summed E-state index contributed by atoms with van der Waals surface area (Å²) in [6.07, 6.45) is -0.708. The third-order valence-corrected chi connectivity index (χ3v) is 4.60. The Kier molecular flexibility index (Phi) is 7.49. The molecule has 120 valence electrons. The normalized spacial score (nSPS) is 12.9. The molecule has 0 aliphatic carbocycles. The standard InChI is InChI=1S/C14H23NO5S/c1-3-21(17,18)8-7-15-10-12(16)11-20-14-6-4-5-13(9-14)19-2/h4-6,9,12,15-16H,3,7-8,10-11H2,1-2H3. The summed E-state index contributed by atoms with van der Waals surface area (Å²) in [7, 11) is -1.40. The quantitative estimate of drug-likeness (QED) is 0.610. The van der Waals surface area contributed by atoms with E-state index in [-0.39, 0.29) is 24.7 Å². The Morgan fingerprint density at radius 2 is 2.05 bits per heavy atom. The SMILES string of the molecule is CCS(=O)(=O)CCNCC(O)COc1cccc(OC)c1. The molecule has 1 rings (SSSR count). The first-order valence-electron chi connectivity index (χ1n) is 6.83. The van der Waals surface area contributed by atoms with E-state index in [2.05, 4.69) is 5.32 Å². The van der Waals surface area contributed by atoms with E-state index in [9.17, 15) is 13.5 Å². The van der Waals surface area contributed by atoms with Crippen molar-refractivity contribution in [3.63, 3.8) is 0 Å². The summed E-state index contributed by atoms with van der Waals surface area (Å²) in [6, 6.07) is 7.11. The summed E-state index contributed by atoms with van der Waals surface area (Å²) < 4.78 is 33.1. The van der Waals surface area contributed by atoms with Gasteiger partial charge in [0, 0.05) is 24.9 Å². The van der Waals surface area contributed by atoms with Gasteiger partial charge in [-0.2, -0.15) is 0 Å². The number of ether oxygens (including phenoxy) is 2. The van der Waals surface area contributed by atoms with E-state index < -0.39 is 15.9 Å². The number of hydrogen-bond acceptors (Lipinski definition) is 6. The zero-order valence-corrected chi connectivity index (χ0v) is 13.2. The molecule has 0 aliphatic rings. The van der Waals surface area contributed by atoms with Gasteiger partial charge in [-0.15, -0.1) is 0 Å². The van der Waals surface area contributed by atoms with E-state index in [4.69, 9.17) is 9.47 Å². The Morgan fingerprint density at radius 1 is 1.33 bits per heavy atom. The summed E-state index contributed by atoms with van der Waals surface area (Å²) in [5.74, 6) is 1.51. The highest BCUT2D eigenvalue weighted by atomic mass is 32.2. The topological polar surface area (TPSA) is 84.9 Å². The number of methoxy groups -OCH3 is 1. The summed E-state index contributed by atoms with van der Waals surface area (Å²) in [6.45, 7) is 2.35. The molecule has 0 saturated carbocycles. The minimum atomic E-state index is -2.97. The molecule has 0 amide bonds. The molecule has 6 nitrogen and oxygen atoms in total. The summed E-state index contributed by atoms with van der Waals surface area (Å²) in [4.78, 5) is 0. The largest absolute Gasteiger partial charge is 0.497 e. The molecule has 1 aromatic rings. The lowest BCUT2D eigenvalue weighted by Gasteiger charge is -2.13. The van der Waals surface area contributed by atoms with E-state index in [0.717, 1.165) is 0 Å². The van der Waals surface area contributed by atoms with Crippen molar-refractivity contribution in [2.24, 2.45) is 0 Å². The van der Waals surface area contributed by atoms with Gasteiger partial charge < -0.3 is 19.9 Å². The zero-order valence-electron chi connectivity index (χ0n) is 12.4. The van der Waals surface area contributed by atoms with Crippen molar-refractivity contribution < 1.29 is 23.0 Å². The number of hydrogen-bond donors (Lipinski definition) is 2. The van der Waals surface area contributed by atoms with Crippen molar-refractivity contribution in [3.8, 4) is 11.5 Å². The van der Waals surface area contributed by atoms with Gasteiger partial charge in [0.1, 0.15) is 24.2 Å². The fourth-order valence-electron chi connectivity index (χ4n) is 1.58. The number of rotatable bonds is 10. The van der Waals surface area contributed by atoms with Crippen molar-refractivity contribution >= 4 is 9.84 Å². The summed E-state index contributed by atoms with van der Waals surface area (Å²) >= 11 is 0. The summed E-state index contributed by atoms with van der Waals surface area (Å²) in [5, 5.41) is 12.7. The van der Waals surface area contributed by atoms with E-state index in [1.807, 2.05) is 0 Å². The molecule has 0 aliphatic heterocycles. The lowest BCUT2D eigenvalue weighted by molar-refractivity contribution is 0.107. The third-order valence-electron chi connectivity index (χ3n) is 2.89. The highest BCUT2D eigenvalue weighted by Crippen LogP contribution is 2.18. The van der Waals surface area contributed by atoms with E-state index in [1.165, 1.54) is 0 Å². The Labute approximate surface area is 126 Å². The molecule has 0 fully saturated rings. The van der Waals surface area contributed by atoms with Crippen LogP contribution in [0.2, 0.25) is 0 Å². The Morgan fingerprint density at radius 3 is 2.71 bits per heavy atom. The van der Waals surface area contributed by atoms with Crippen LogP contribution < -0.4 is 14.8 Å². The van der Waals surface area contributed by atoms with Gasteiger partial charge in [0.25, 0.3) is 0 Å². The Bertz CT molecular complexity index is 518. The molecule has 0 radical (unpaired) electrons. The molecular formula is C14H23NO5S. The van der Waals surface area contributed by atoms with Crippen LogP contribution in [0.3, 0.4) is 0 Å². The molecule has 21 heavy (non-hydrogen) atoms.